The number of ether oxygens (including phenoxy) is 10. The predicted octanol–water partition coefficient (Wildman–Crippen LogP) is -1.44. The van der Waals surface area contributed by atoms with Crippen molar-refractivity contribution >= 4 is 80.4 Å². The molecule has 6 aliphatic heterocycles. The summed E-state index contributed by atoms with van der Waals surface area (Å²) in [5, 5.41) is 96.2. The van der Waals surface area contributed by atoms with Crippen LogP contribution in [0.1, 0.15) is 113 Å². The Balaban J connectivity index is 0.000000544. The normalized spacial score (nSPS) is 25.2. The first-order chi connectivity index (χ1) is 54.1. The Bertz CT molecular complexity index is 3040. The number of amidine groups is 2. The number of hydroxylamine groups is 4. The van der Waals surface area contributed by atoms with E-state index in [0.29, 0.717) is 164 Å². The summed E-state index contributed by atoms with van der Waals surface area (Å²) in [6.07, 6.45) is -6.56. The fourth-order valence-electron chi connectivity index (χ4n) is 13.6. The van der Waals surface area contributed by atoms with Crippen molar-refractivity contribution in [3.8, 4) is 0 Å². The predicted molar refractivity (Wildman–Crippen MR) is 401 cm³/mol. The number of nitrogens with zero attached hydrogens (tertiary/aromatic N) is 4. The molecule has 662 valence electrons. The van der Waals surface area contributed by atoms with Gasteiger partial charge in [-0.1, -0.05) is 0 Å². The summed E-state index contributed by atoms with van der Waals surface area (Å²) < 4.78 is 104. The van der Waals surface area contributed by atoms with Gasteiger partial charge >= 0.3 is 45.1 Å². The molecule has 6 aliphatic rings. The summed E-state index contributed by atoms with van der Waals surface area (Å²) in [7, 11) is -11.9. The number of hydrogen-bond acceptors (Lipinski definition) is 32. The lowest BCUT2D eigenvalue weighted by Gasteiger charge is -2.51. The number of carbonyl (C=O) groups excluding carboxylic acids is 6. The summed E-state index contributed by atoms with van der Waals surface area (Å²) >= 11 is 0. The first-order valence-corrected chi connectivity index (χ1v) is 42.0. The van der Waals surface area contributed by atoms with Crippen molar-refractivity contribution in [3.05, 3.63) is 0 Å². The molecule has 0 bridgehead atoms. The molecule has 13 atom stereocenters. The monoisotopic (exact) mass is 1740 g/mol. The third kappa shape index (κ3) is 37.8. The molecule has 0 aliphatic carbocycles. The van der Waals surface area contributed by atoms with E-state index >= 15 is 0 Å². The molecule has 6 saturated heterocycles. The number of urea groups is 2. The number of nitrogens with one attached hydrogen (secondary N) is 8. The molecule has 8 amide bonds. The minimum absolute atomic E-state index is 0.0140. The van der Waals surface area contributed by atoms with Gasteiger partial charge in [0.25, 0.3) is 0 Å². The molecular weight excluding hydrogens is 1620 g/mol. The van der Waals surface area contributed by atoms with Crippen molar-refractivity contribution in [3.63, 3.8) is 0 Å². The van der Waals surface area contributed by atoms with Gasteiger partial charge in [0.15, 0.2) is 24.7 Å². The second kappa shape index (κ2) is 53.7. The zero-order valence-corrected chi connectivity index (χ0v) is 69.8. The number of piperidine rings is 1. The van der Waals surface area contributed by atoms with Gasteiger partial charge in [0.1, 0.15) is 36.1 Å². The SMILES string of the molecule is CC1(C)CC(C(=O)NCCOCCOCCOCCOCCC(=O)NCCCC2CN([C@@H]3O[C@H](CO)C(O[P+](=O)O)[C@@H]3O)C(=O)NC2=N)C(C)(C)N1O.CC1(C)CC(C(=O)NCCOCCOCCOCCOCCC(=O)NCCCC2CN([C@@H]3O[C@H](CO)C(O[P+](=O)O)[C@@H]3O)C(=O)NC2=N)CC(C)(C)N1O.O=[P+](O)O.O=[P+](O)O. The standard InChI is InChI=1S/C33H59N6O14P.C32H57N6O14P.2HO3P/c1-32(2)18-23(19-33(3,4)39(32)45)29(43)36-9-11-49-13-15-51-17-16-50-14-12-48-10-7-25(41)35-8-5-6-22-20-38(31(44)37-28(22)34)30-26(42)27(53-54(46)47)24(21-40)52-30;1-31(2)18-22(32(3,4)38(31)44)28(42)35-9-11-48-13-15-50-17-16-49-14-12-47-10-7-24(40)34-8-5-6-21-19-37(30(43)36-27(21)33)29-25(41)26(52-53(45)46)23(20-39)51-29;2*1-4(2)3/h22-24,26-27,30,40,42,45H,5-21H2,1-4H3,(H4-,34,35,36,37,41,43,44,46,47);21-23,25-26,29,39,41,44H,5-20H2,1-4H3,(H4-,33,34,35,36,40,42,43,45,46);2*(H-,1,2,3)/p+4/t22?,24-,26+,27?,30-;21?,22?,23-,25+,26?,29-;;/m11../s1. The maximum Gasteiger partial charge on any atom is 0.695 e. The molecule has 115 heavy (non-hydrogen) atoms. The van der Waals surface area contributed by atoms with E-state index in [0.717, 1.165) is 9.80 Å². The zero-order valence-electron chi connectivity index (χ0n) is 66.2. The van der Waals surface area contributed by atoms with Gasteiger partial charge in [-0.3, -0.25) is 50.4 Å². The summed E-state index contributed by atoms with van der Waals surface area (Å²) in [4.78, 5) is 124. The van der Waals surface area contributed by atoms with Crippen LogP contribution in [0.15, 0.2) is 0 Å². The molecule has 6 fully saturated rings. The van der Waals surface area contributed by atoms with Crippen LogP contribution >= 0.6 is 33.0 Å². The van der Waals surface area contributed by atoms with Gasteiger partial charge in [-0.15, -0.1) is 38.4 Å². The quantitative estimate of drug-likeness (QED) is 0.0245. The van der Waals surface area contributed by atoms with Crippen LogP contribution in [-0.4, -0.2) is 357 Å². The largest absolute Gasteiger partial charge is 0.695 e. The molecule has 0 radical (unpaired) electrons. The number of amides is 8. The summed E-state index contributed by atoms with van der Waals surface area (Å²) in [5.74, 6) is -1.98. The first kappa shape index (κ1) is 104. The topological polar surface area (TPSA) is 657 Å². The Kier molecular flexibility index (Phi) is 48.7. The second-order valence-electron chi connectivity index (χ2n) is 29.5. The van der Waals surface area contributed by atoms with Gasteiger partial charge in [0.2, 0.25) is 23.6 Å². The first-order valence-electron chi connectivity index (χ1n) is 37.4. The van der Waals surface area contributed by atoms with E-state index in [4.69, 9.17) is 106 Å². The van der Waals surface area contributed by atoms with Crippen molar-refractivity contribution in [2.45, 2.75) is 184 Å². The lowest BCUT2D eigenvalue weighted by molar-refractivity contribution is -0.249. The lowest BCUT2D eigenvalue weighted by atomic mass is 9.75. The van der Waals surface area contributed by atoms with Crippen LogP contribution in [0, 0.1) is 34.5 Å². The van der Waals surface area contributed by atoms with Crippen LogP contribution in [0.5, 0.6) is 0 Å². The summed E-state index contributed by atoms with van der Waals surface area (Å²) in [6.45, 7) is 21.0. The minimum Gasteiger partial charge on any atom is -0.394 e. The van der Waals surface area contributed by atoms with Crippen LogP contribution in [-0.2, 0) is 93.9 Å². The molecule has 0 spiro atoms. The Labute approximate surface area is 670 Å². The van der Waals surface area contributed by atoms with E-state index in [-0.39, 0.29) is 86.3 Å². The lowest BCUT2D eigenvalue weighted by Crippen LogP contribution is -2.60. The summed E-state index contributed by atoms with van der Waals surface area (Å²) in [6, 6.07) is -1.39. The van der Waals surface area contributed by atoms with Gasteiger partial charge < -0.3 is 99.5 Å². The second-order valence-corrected chi connectivity index (χ2v) is 31.9. The van der Waals surface area contributed by atoms with Crippen LogP contribution in [0.2, 0.25) is 0 Å². The van der Waals surface area contributed by atoms with E-state index in [1.54, 1.807) is 0 Å². The highest BCUT2D eigenvalue weighted by atomic mass is 31.1. The number of hydrogen-bond donors (Lipinski definition) is 20. The van der Waals surface area contributed by atoms with E-state index in [1.807, 2.05) is 55.4 Å². The molecule has 0 aromatic heterocycles. The van der Waals surface area contributed by atoms with Gasteiger partial charge in [-0.2, -0.15) is 10.1 Å². The van der Waals surface area contributed by atoms with E-state index < -0.39 is 141 Å². The third-order valence-electron chi connectivity index (χ3n) is 19.0. The highest BCUT2D eigenvalue weighted by Gasteiger charge is 2.57. The molecule has 7 unspecified atom stereocenters. The number of aliphatic hydroxyl groups is 4. The van der Waals surface area contributed by atoms with Gasteiger partial charge in [-0.25, -0.2) is 9.59 Å². The van der Waals surface area contributed by atoms with Crippen LogP contribution in [0.3, 0.4) is 0 Å². The average molecular weight is 1740 g/mol. The molecule has 0 aromatic rings. The van der Waals surface area contributed by atoms with Crippen LogP contribution in [0.25, 0.3) is 0 Å². The molecule has 46 nitrogen and oxygen atoms in total. The Morgan fingerprint density at radius 1 is 0.478 bits per heavy atom. The van der Waals surface area contributed by atoms with E-state index in [1.165, 1.54) is 10.1 Å². The van der Waals surface area contributed by atoms with Crippen molar-refractivity contribution in [1.82, 2.24) is 51.8 Å². The number of rotatable bonds is 48. The number of aliphatic hydroxyl groups excluding tert-OH is 4. The smallest absolute Gasteiger partial charge is 0.394 e. The molecule has 20 N–H and O–H groups in total. The van der Waals surface area contributed by atoms with Gasteiger partial charge in [0.05, 0.1) is 130 Å². The van der Waals surface area contributed by atoms with E-state index in [2.05, 4.69) is 31.9 Å². The number of carbonyl (C=O) groups is 6. The van der Waals surface area contributed by atoms with Gasteiger partial charge in [-0.05, 0) is 100 Å². The zero-order chi connectivity index (χ0) is 86.2. The molecular formula is C65H122N12O34P4+4. The Morgan fingerprint density at radius 2 is 0.791 bits per heavy atom. The van der Waals surface area contributed by atoms with Crippen molar-refractivity contribution in [2.24, 2.45) is 23.7 Å². The average Bonchev–Trinajstić information content (AvgIpc) is 1.61. The Morgan fingerprint density at radius 3 is 1.10 bits per heavy atom. The molecule has 6 rings (SSSR count). The minimum atomic E-state index is -3.09. The molecule has 50 heteroatoms. The fourth-order valence-corrected chi connectivity index (χ4v) is 14.5. The highest BCUT2D eigenvalue weighted by Crippen LogP contribution is 2.44. The van der Waals surface area contributed by atoms with Crippen LogP contribution in [0.4, 0.5) is 9.59 Å². The summed E-state index contributed by atoms with van der Waals surface area (Å²) in [5.41, 5.74) is -2.09. The fraction of sp³-hybridized carbons (Fsp3) is 0.877. The molecule has 0 aromatic carbocycles. The third-order valence-corrected chi connectivity index (χ3v) is 19.9. The maximum atomic E-state index is 12.6. The maximum absolute atomic E-state index is 12.6. The molecule has 6 heterocycles. The highest BCUT2D eigenvalue weighted by molar-refractivity contribution is 7.32. The van der Waals surface area contributed by atoms with E-state index in [9.17, 15) is 68.7 Å². The Hall–Kier alpha value is -4.88. The van der Waals surface area contributed by atoms with Crippen molar-refractivity contribution < 1.29 is 164 Å². The van der Waals surface area contributed by atoms with Crippen molar-refractivity contribution in [2.75, 3.05) is 158 Å². The van der Waals surface area contributed by atoms with Crippen molar-refractivity contribution in [1.29, 1.82) is 10.8 Å². The van der Waals surface area contributed by atoms with Crippen LogP contribution < -0.4 is 31.9 Å². The molecule has 0 saturated carbocycles. The van der Waals surface area contributed by atoms with Gasteiger partial charge in [0, 0.05) is 105 Å².